The van der Waals surface area contributed by atoms with Gasteiger partial charge in [-0.1, -0.05) is 29.8 Å². The van der Waals surface area contributed by atoms with Crippen LogP contribution in [0.4, 0.5) is 17.5 Å². The van der Waals surface area contributed by atoms with Crippen LogP contribution in [0.15, 0.2) is 53.6 Å². The fourth-order valence-electron chi connectivity index (χ4n) is 2.70. The largest absolute Gasteiger partial charge is 0.368 e. The standard InChI is InChI=1S/C19H22N6O2S/c1-13-3-8-17(14(2)11-13)23-19-24-18(12-22-25-19)21-10-9-15-4-6-16(7-5-15)28(20,26)27/h3-8,11-12H,9-10H2,1-2H3,(H2,20,26,27)(H2,21,23,24,25). The number of benzene rings is 2. The van der Waals surface area contributed by atoms with Gasteiger partial charge in [0, 0.05) is 12.2 Å². The van der Waals surface area contributed by atoms with Crippen molar-refractivity contribution in [1.29, 1.82) is 0 Å². The Bertz CT molecular complexity index is 1070. The molecule has 0 bridgehead atoms. The topological polar surface area (TPSA) is 123 Å². The van der Waals surface area contributed by atoms with Gasteiger partial charge in [0.1, 0.15) is 0 Å². The lowest BCUT2D eigenvalue weighted by atomic mass is 10.1. The third kappa shape index (κ3) is 5.24. The second-order valence-electron chi connectivity index (χ2n) is 6.47. The highest BCUT2D eigenvalue weighted by Gasteiger charge is 2.07. The zero-order valence-corrected chi connectivity index (χ0v) is 16.5. The molecule has 0 spiro atoms. The maximum absolute atomic E-state index is 11.3. The van der Waals surface area contributed by atoms with Crippen LogP contribution in [0.5, 0.6) is 0 Å². The number of nitrogens with two attached hydrogens (primary N) is 1. The van der Waals surface area contributed by atoms with Gasteiger partial charge in [-0.3, -0.25) is 0 Å². The predicted molar refractivity (Wildman–Crippen MR) is 109 cm³/mol. The summed E-state index contributed by atoms with van der Waals surface area (Å²) in [6, 6.07) is 12.6. The zero-order chi connectivity index (χ0) is 20.1. The van der Waals surface area contributed by atoms with Crippen LogP contribution >= 0.6 is 0 Å². The second-order valence-corrected chi connectivity index (χ2v) is 8.04. The van der Waals surface area contributed by atoms with Crippen molar-refractivity contribution < 1.29 is 8.42 Å². The van der Waals surface area contributed by atoms with E-state index >= 15 is 0 Å². The van der Waals surface area contributed by atoms with Crippen LogP contribution in [0.25, 0.3) is 0 Å². The molecule has 0 atom stereocenters. The molecule has 0 amide bonds. The van der Waals surface area contributed by atoms with Gasteiger partial charge in [0.15, 0.2) is 5.82 Å². The van der Waals surface area contributed by atoms with E-state index in [1.165, 1.54) is 17.7 Å². The molecule has 3 aromatic rings. The minimum Gasteiger partial charge on any atom is -0.368 e. The molecule has 0 aliphatic rings. The number of sulfonamides is 1. The fraction of sp³-hybridized carbons (Fsp3) is 0.211. The molecule has 9 heteroatoms. The number of rotatable bonds is 7. The van der Waals surface area contributed by atoms with Crippen molar-refractivity contribution in [3.63, 3.8) is 0 Å². The highest BCUT2D eigenvalue weighted by molar-refractivity contribution is 7.89. The monoisotopic (exact) mass is 398 g/mol. The summed E-state index contributed by atoms with van der Waals surface area (Å²) < 4.78 is 22.6. The molecule has 0 saturated heterocycles. The Hall–Kier alpha value is -3.04. The molecule has 0 aliphatic carbocycles. The van der Waals surface area contributed by atoms with Crippen molar-refractivity contribution in [3.05, 3.63) is 65.4 Å². The van der Waals surface area contributed by atoms with Gasteiger partial charge in [0.2, 0.25) is 16.0 Å². The number of primary sulfonamides is 1. The van der Waals surface area contributed by atoms with E-state index in [1.807, 2.05) is 26.0 Å². The van der Waals surface area contributed by atoms with E-state index < -0.39 is 10.0 Å². The first kappa shape index (κ1) is 19.7. The first-order chi connectivity index (χ1) is 13.3. The summed E-state index contributed by atoms with van der Waals surface area (Å²) in [7, 11) is -3.67. The van der Waals surface area contributed by atoms with Gasteiger partial charge in [-0.25, -0.2) is 13.6 Å². The fourth-order valence-corrected chi connectivity index (χ4v) is 3.21. The van der Waals surface area contributed by atoms with Crippen LogP contribution in [0.2, 0.25) is 0 Å². The lowest BCUT2D eigenvalue weighted by Crippen LogP contribution is -2.12. The maximum Gasteiger partial charge on any atom is 0.249 e. The van der Waals surface area contributed by atoms with Crippen molar-refractivity contribution in [2.45, 2.75) is 25.2 Å². The minimum absolute atomic E-state index is 0.103. The van der Waals surface area contributed by atoms with Crippen LogP contribution in [-0.2, 0) is 16.4 Å². The van der Waals surface area contributed by atoms with E-state index in [4.69, 9.17) is 5.14 Å². The Balaban J connectivity index is 1.59. The first-order valence-corrected chi connectivity index (χ1v) is 10.3. The molecule has 0 fully saturated rings. The molecule has 1 heterocycles. The van der Waals surface area contributed by atoms with Crippen molar-refractivity contribution in [2.24, 2.45) is 5.14 Å². The van der Waals surface area contributed by atoms with E-state index in [9.17, 15) is 8.42 Å². The van der Waals surface area contributed by atoms with E-state index in [0.717, 1.165) is 16.8 Å². The average molecular weight is 398 g/mol. The highest BCUT2D eigenvalue weighted by Crippen LogP contribution is 2.19. The molecular formula is C19H22N6O2S. The quantitative estimate of drug-likeness (QED) is 0.559. The normalized spacial score (nSPS) is 11.2. The van der Waals surface area contributed by atoms with Gasteiger partial charge >= 0.3 is 0 Å². The Morgan fingerprint density at radius 3 is 2.50 bits per heavy atom. The second kappa shape index (κ2) is 8.32. The number of aryl methyl sites for hydroxylation is 2. The lowest BCUT2D eigenvalue weighted by molar-refractivity contribution is 0.598. The molecule has 4 N–H and O–H groups in total. The third-order valence-electron chi connectivity index (χ3n) is 4.16. The van der Waals surface area contributed by atoms with Gasteiger partial charge < -0.3 is 10.6 Å². The minimum atomic E-state index is -3.67. The molecule has 8 nitrogen and oxygen atoms in total. The molecular weight excluding hydrogens is 376 g/mol. The van der Waals surface area contributed by atoms with Crippen LogP contribution in [0.1, 0.15) is 16.7 Å². The van der Waals surface area contributed by atoms with E-state index in [1.54, 1.807) is 18.3 Å². The lowest BCUT2D eigenvalue weighted by Gasteiger charge is -2.10. The number of anilines is 3. The van der Waals surface area contributed by atoms with Gasteiger partial charge in [-0.2, -0.15) is 10.1 Å². The Kier molecular flexibility index (Phi) is 5.86. The molecule has 0 radical (unpaired) electrons. The summed E-state index contributed by atoms with van der Waals surface area (Å²) in [5.41, 5.74) is 4.20. The molecule has 0 saturated carbocycles. The summed E-state index contributed by atoms with van der Waals surface area (Å²) in [4.78, 5) is 4.52. The Morgan fingerprint density at radius 2 is 1.82 bits per heavy atom. The summed E-state index contributed by atoms with van der Waals surface area (Å²) in [5.74, 6) is 1.01. The van der Waals surface area contributed by atoms with Crippen molar-refractivity contribution in [1.82, 2.24) is 15.2 Å². The van der Waals surface area contributed by atoms with Crippen molar-refractivity contribution in [2.75, 3.05) is 17.2 Å². The summed E-state index contributed by atoms with van der Waals surface area (Å²) in [6.45, 7) is 4.67. The molecule has 3 rings (SSSR count). The maximum atomic E-state index is 11.3. The molecule has 0 aliphatic heterocycles. The highest BCUT2D eigenvalue weighted by atomic mass is 32.2. The van der Waals surface area contributed by atoms with Gasteiger partial charge in [-0.05, 0) is 49.6 Å². The Morgan fingerprint density at radius 1 is 1.07 bits per heavy atom. The van der Waals surface area contributed by atoms with E-state index in [2.05, 4.69) is 31.9 Å². The van der Waals surface area contributed by atoms with Crippen LogP contribution in [0, 0.1) is 13.8 Å². The van der Waals surface area contributed by atoms with Gasteiger partial charge in [0.05, 0.1) is 11.1 Å². The first-order valence-electron chi connectivity index (χ1n) is 8.71. The van der Waals surface area contributed by atoms with Crippen LogP contribution in [-0.4, -0.2) is 30.1 Å². The predicted octanol–water partition coefficient (Wildman–Crippen LogP) is 2.53. The average Bonchev–Trinajstić information content (AvgIpc) is 2.64. The number of hydrogen-bond donors (Lipinski definition) is 3. The number of aromatic nitrogens is 3. The summed E-state index contributed by atoms with van der Waals surface area (Å²) in [6.07, 6.45) is 2.24. The molecule has 146 valence electrons. The van der Waals surface area contributed by atoms with Crippen molar-refractivity contribution >= 4 is 27.5 Å². The third-order valence-corrected chi connectivity index (χ3v) is 5.09. The molecule has 0 unspecified atom stereocenters. The van der Waals surface area contributed by atoms with Crippen molar-refractivity contribution in [3.8, 4) is 0 Å². The SMILES string of the molecule is Cc1ccc(Nc2nncc(NCCc3ccc(S(N)(=O)=O)cc3)n2)c(C)c1. The zero-order valence-electron chi connectivity index (χ0n) is 15.7. The molecule has 28 heavy (non-hydrogen) atoms. The smallest absolute Gasteiger partial charge is 0.249 e. The molecule has 2 aromatic carbocycles. The van der Waals surface area contributed by atoms with E-state index in [-0.39, 0.29) is 4.90 Å². The number of nitrogens with one attached hydrogen (secondary N) is 2. The number of hydrogen-bond acceptors (Lipinski definition) is 7. The van der Waals surface area contributed by atoms with Gasteiger partial charge in [-0.15, -0.1) is 5.10 Å². The number of nitrogens with zero attached hydrogens (tertiary/aromatic N) is 3. The molecule has 1 aromatic heterocycles. The summed E-state index contributed by atoms with van der Waals surface area (Å²) >= 11 is 0. The van der Waals surface area contributed by atoms with E-state index in [0.29, 0.717) is 24.7 Å². The summed E-state index contributed by atoms with van der Waals surface area (Å²) in [5, 5.41) is 19.5. The Labute approximate surface area is 164 Å². The van der Waals surface area contributed by atoms with Crippen LogP contribution in [0.3, 0.4) is 0 Å². The van der Waals surface area contributed by atoms with Gasteiger partial charge in [0.25, 0.3) is 0 Å². The van der Waals surface area contributed by atoms with Crippen LogP contribution < -0.4 is 15.8 Å².